The monoisotopic (exact) mass is 100.0 g/mol. The molecule has 0 spiro atoms. The molecule has 0 fully saturated rings. The molecular formula is H2AlNaO3. The average molecular weight is 100.0 g/mol. The standard InChI is InChI=1S/Al.Na.H2O.2O/h;;1H2;;/q-1;+1;;;. The van der Waals surface area contributed by atoms with E-state index >= 15 is 0 Å². The van der Waals surface area contributed by atoms with Crippen LogP contribution in [0, 0.1) is 0 Å². The van der Waals surface area contributed by atoms with Crippen LogP contribution in [0.4, 0.5) is 0 Å². The summed E-state index contributed by atoms with van der Waals surface area (Å²) < 4.78 is 16.9. The van der Waals surface area contributed by atoms with E-state index in [2.05, 4.69) is 0 Å². The Labute approximate surface area is 57.5 Å². The quantitative estimate of drug-likeness (QED) is 0.288. The van der Waals surface area contributed by atoms with Gasteiger partial charge in [0.2, 0.25) is 0 Å². The van der Waals surface area contributed by atoms with Gasteiger partial charge in [0.1, 0.15) is 0 Å². The zero-order valence-corrected chi connectivity index (χ0v) is 6.05. The predicted molar refractivity (Wildman–Crippen MR) is 10.7 cm³/mol. The molecule has 0 aromatic rings. The predicted octanol–water partition coefficient (Wildman–Crippen LogP) is -4.44. The average Bonchev–Trinajstić information content (AvgIpc) is 0.918. The Morgan fingerprint density at radius 2 is 1.20 bits per heavy atom. The van der Waals surface area contributed by atoms with Gasteiger partial charge in [-0.25, -0.2) is 0 Å². The van der Waals surface area contributed by atoms with E-state index in [4.69, 9.17) is 7.61 Å². The molecule has 3 nitrogen and oxygen atoms in total. The molecule has 0 aliphatic carbocycles. The van der Waals surface area contributed by atoms with Crippen molar-refractivity contribution in [2.75, 3.05) is 0 Å². The summed E-state index contributed by atoms with van der Waals surface area (Å²) in [6, 6.07) is 0. The first kappa shape index (κ1) is 16.5. The van der Waals surface area contributed by atoms with Crippen molar-refractivity contribution in [3.05, 3.63) is 0 Å². The van der Waals surface area contributed by atoms with E-state index in [1.807, 2.05) is 0 Å². The van der Waals surface area contributed by atoms with Gasteiger partial charge in [0.05, 0.1) is 0 Å². The van der Waals surface area contributed by atoms with Crippen molar-refractivity contribution in [3.8, 4) is 0 Å². The van der Waals surface area contributed by atoms with Crippen LogP contribution in [0.5, 0.6) is 0 Å². The molecular weight excluding hydrogens is 98.0 g/mol. The molecule has 0 aromatic carbocycles. The molecule has 0 aromatic heterocycles. The summed E-state index contributed by atoms with van der Waals surface area (Å²) in [5.74, 6) is 0. The molecule has 5 heavy (non-hydrogen) atoms. The Bertz CT molecular complexity index is 27.9. The van der Waals surface area contributed by atoms with E-state index in [0.29, 0.717) is 0 Å². The van der Waals surface area contributed by atoms with Crippen molar-refractivity contribution in [1.82, 2.24) is 0 Å². The van der Waals surface area contributed by atoms with Crippen LogP contribution in [0.25, 0.3) is 0 Å². The Morgan fingerprint density at radius 1 is 1.20 bits per heavy atom. The van der Waals surface area contributed by atoms with Crippen LogP contribution in [0.3, 0.4) is 0 Å². The zero-order valence-electron chi connectivity index (χ0n) is 2.89. The molecule has 0 aliphatic heterocycles. The van der Waals surface area contributed by atoms with Gasteiger partial charge < -0.3 is 5.48 Å². The van der Waals surface area contributed by atoms with Gasteiger partial charge >= 0.3 is 52.3 Å². The molecule has 0 heterocycles. The van der Waals surface area contributed by atoms with Gasteiger partial charge in [-0.1, -0.05) is 0 Å². The van der Waals surface area contributed by atoms with E-state index in [-0.39, 0.29) is 35.0 Å². The minimum absolute atomic E-state index is 0. The van der Waals surface area contributed by atoms with Gasteiger partial charge in [-0.05, 0) is 0 Å². The second kappa shape index (κ2) is 19.5. The van der Waals surface area contributed by atoms with Crippen LogP contribution >= 0.6 is 0 Å². The zero-order chi connectivity index (χ0) is 2.71. The number of rotatable bonds is 0. The summed E-state index contributed by atoms with van der Waals surface area (Å²) in [4.78, 5) is 0. The molecule has 0 amide bonds. The molecule has 24 valence electrons. The van der Waals surface area contributed by atoms with Crippen LogP contribution in [0.2, 0.25) is 0 Å². The Balaban J connectivity index is -0.0000000200. The van der Waals surface area contributed by atoms with Crippen molar-refractivity contribution in [2.45, 2.75) is 0 Å². The van der Waals surface area contributed by atoms with Crippen LogP contribution in [0.1, 0.15) is 0 Å². The summed E-state index contributed by atoms with van der Waals surface area (Å²) in [5.41, 5.74) is 0. The molecule has 0 saturated carbocycles. The second-order valence-electron chi connectivity index (χ2n) is 0.0962. The summed E-state index contributed by atoms with van der Waals surface area (Å²) in [5, 5.41) is 0. The fourth-order valence-corrected chi connectivity index (χ4v) is 0. The van der Waals surface area contributed by atoms with Gasteiger partial charge in [-0.2, -0.15) is 0 Å². The third-order valence-corrected chi connectivity index (χ3v) is 0. The first-order valence-electron chi connectivity index (χ1n) is 0.471. The van der Waals surface area contributed by atoms with Crippen LogP contribution in [0.15, 0.2) is 0 Å². The van der Waals surface area contributed by atoms with E-state index in [1.165, 1.54) is 0 Å². The van der Waals surface area contributed by atoms with Gasteiger partial charge in [0, 0.05) is 0 Å². The molecule has 0 unspecified atom stereocenters. The van der Waals surface area contributed by atoms with Crippen molar-refractivity contribution in [3.63, 3.8) is 0 Å². The Hall–Kier alpha value is 1.09. The number of hydrogen-bond acceptors (Lipinski definition) is 2. The topological polar surface area (TPSA) is 65.6 Å². The van der Waals surface area contributed by atoms with E-state index < -0.39 is 15.1 Å². The molecule has 0 bridgehead atoms. The van der Waals surface area contributed by atoms with Crippen molar-refractivity contribution in [1.29, 1.82) is 0 Å². The Morgan fingerprint density at radius 3 is 1.20 bits per heavy atom. The summed E-state index contributed by atoms with van der Waals surface area (Å²) in [6.45, 7) is 0. The maximum atomic E-state index is 8.46. The van der Waals surface area contributed by atoms with Gasteiger partial charge in [-0.15, -0.1) is 0 Å². The van der Waals surface area contributed by atoms with Crippen molar-refractivity contribution < 1.29 is 42.6 Å². The summed E-state index contributed by atoms with van der Waals surface area (Å²) in [6.07, 6.45) is 0. The maximum absolute atomic E-state index is 8.46. The van der Waals surface area contributed by atoms with E-state index in [9.17, 15) is 0 Å². The van der Waals surface area contributed by atoms with Gasteiger partial charge in [-0.3, -0.25) is 0 Å². The molecule has 0 aliphatic rings. The minimum atomic E-state index is -1.75. The fourth-order valence-electron chi connectivity index (χ4n) is 0. The van der Waals surface area contributed by atoms with Crippen molar-refractivity contribution in [2.24, 2.45) is 0 Å². The van der Waals surface area contributed by atoms with Crippen LogP contribution in [-0.4, -0.2) is 20.6 Å². The third-order valence-electron chi connectivity index (χ3n) is 0. The van der Waals surface area contributed by atoms with Gasteiger partial charge in [0.15, 0.2) is 0 Å². The molecule has 5 heteroatoms. The van der Waals surface area contributed by atoms with E-state index in [0.717, 1.165) is 0 Å². The molecule has 2 N–H and O–H groups in total. The fraction of sp³-hybridized carbons (Fsp3) is 0. The van der Waals surface area contributed by atoms with Crippen LogP contribution in [-0.2, 0) is 7.61 Å². The molecule has 0 saturated heterocycles. The SMILES string of the molecule is O.[Na+].[O]=[Al-]=[O]. The molecule has 0 atom stereocenters. The second-order valence-corrected chi connectivity index (χ2v) is 0.289. The molecule has 0 rings (SSSR count). The summed E-state index contributed by atoms with van der Waals surface area (Å²) in [7, 11) is 0. The van der Waals surface area contributed by atoms with Crippen LogP contribution < -0.4 is 29.6 Å². The Kier molecular flexibility index (Phi) is 64.4. The summed E-state index contributed by atoms with van der Waals surface area (Å²) >= 11 is -1.75. The normalized spacial score (nSPS) is 1.60. The first-order valence-corrected chi connectivity index (χ1v) is 1.41. The number of hydrogen-bond donors (Lipinski definition) is 0. The first-order chi connectivity index (χ1) is 1.41. The van der Waals surface area contributed by atoms with Crippen molar-refractivity contribution >= 4 is 15.1 Å². The van der Waals surface area contributed by atoms with Gasteiger partial charge in [0.25, 0.3) is 0 Å². The third kappa shape index (κ3) is 40.8. The molecule has 0 radical (unpaired) electrons. The van der Waals surface area contributed by atoms with E-state index in [1.54, 1.807) is 0 Å².